The molecule has 0 unspecified atom stereocenters. The third-order valence-corrected chi connectivity index (χ3v) is 5.24. The van der Waals surface area contributed by atoms with Gasteiger partial charge in [-0.25, -0.2) is 0 Å². The molecule has 0 amide bonds. The Morgan fingerprint density at radius 1 is 1.11 bits per heavy atom. The Hall–Kier alpha value is -0.530. The van der Waals surface area contributed by atoms with Crippen LogP contribution in [0.5, 0.6) is 0 Å². The molecule has 1 fully saturated rings. The average Bonchev–Trinajstić information content (AvgIpc) is 2.79. The lowest BCUT2D eigenvalue weighted by Gasteiger charge is -2.45. The number of carbonyl (C=O) groups excluding carboxylic acids is 1. The van der Waals surface area contributed by atoms with Gasteiger partial charge in [0, 0.05) is 5.41 Å². The quantitative estimate of drug-likeness (QED) is 0.626. The third-order valence-electron chi connectivity index (χ3n) is 5.24. The molecule has 0 aromatic rings. The lowest BCUT2D eigenvalue weighted by molar-refractivity contribution is -0.185. The Morgan fingerprint density at radius 3 is 2.05 bits per heavy atom. The maximum Gasteiger partial charge on any atom is 0.312 e. The summed E-state index contributed by atoms with van der Waals surface area (Å²) >= 11 is 0. The van der Waals surface area contributed by atoms with Crippen LogP contribution in [-0.2, 0) is 9.53 Å². The van der Waals surface area contributed by atoms with Crippen molar-refractivity contribution >= 4 is 5.97 Å². The van der Waals surface area contributed by atoms with Crippen molar-refractivity contribution in [3.63, 3.8) is 0 Å². The minimum Gasteiger partial charge on any atom is -0.458 e. The van der Waals surface area contributed by atoms with Gasteiger partial charge in [-0.1, -0.05) is 34.1 Å². The molecule has 0 aliphatic heterocycles. The summed E-state index contributed by atoms with van der Waals surface area (Å²) in [5, 5.41) is 0. The van der Waals surface area contributed by atoms with E-state index in [2.05, 4.69) is 27.7 Å². The van der Waals surface area contributed by atoms with Crippen LogP contribution in [0, 0.1) is 10.8 Å². The van der Waals surface area contributed by atoms with Crippen LogP contribution in [0.2, 0.25) is 0 Å². The summed E-state index contributed by atoms with van der Waals surface area (Å²) in [6, 6.07) is 0. The van der Waals surface area contributed by atoms with Crippen LogP contribution in [0.1, 0.15) is 86.5 Å². The number of carbonyl (C=O) groups is 1. The lowest BCUT2D eigenvalue weighted by Crippen LogP contribution is -2.48. The van der Waals surface area contributed by atoms with Crippen LogP contribution in [0.3, 0.4) is 0 Å². The molecule has 0 heterocycles. The fourth-order valence-corrected chi connectivity index (χ4v) is 3.18. The summed E-state index contributed by atoms with van der Waals surface area (Å²) < 4.78 is 6.13. The van der Waals surface area contributed by atoms with Gasteiger partial charge < -0.3 is 4.74 Å². The number of hydrogen-bond donors (Lipinski definition) is 0. The van der Waals surface area contributed by atoms with Gasteiger partial charge in [-0.05, 0) is 52.4 Å². The molecule has 1 saturated carbocycles. The minimum atomic E-state index is -0.363. The third kappa shape index (κ3) is 3.32. The number of hydrogen-bond acceptors (Lipinski definition) is 2. The van der Waals surface area contributed by atoms with Gasteiger partial charge >= 0.3 is 5.97 Å². The van der Waals surface area contributed by atoms with Crippen LogP contribution in [0.4, 0.5) is 0 Å². The normalized spacial score (nSPS) is 19.5. The standard InChI is InChI=1S/C17H32O2/c1-7-11-16(5,6)17(12-9-10-13-17)19-14(18)15(3,4)8-2/h7-13H2,1-6H3. The number of rotatable bonds is 6. The van der Waals surface area contributed by atoms with E-state index in [0.29, 0.717) is 0 Å². The van der Waals surface area contributed by atoms with Crippen LogP contribution < -0.4 is 0 Å². The highest BCUT2D eigenvalue weighted by Gasteiger charge is 2.50. The highest BCUT2D eigenvalue weighted by atomic mass is 16.6. The molecular formula is C17H32O2. The summed E-state index contributed by atoms with van der Waals surface area (Å²) in [7, 11) is 0. The molecule has 2 nitrogen and oxygen atoms in total. The van der Waals surface area contributed by atoms with Crippen molar-refractivity contribution in [1.29, 1.82) is 0 Å². The van der Waals surface area contributed by atoms with Crippen molar-refractivity contribution in [2.75, 3.05) is 0 Å². The molecule has 0 aromatic carbocycles. The van der Waals surface area contributed by atoms with Crippen molar-refractivity contribution in [1.82, 2.24) is 0 Å². The van der Waals surface area contributed by atoms with E-state index in [1.54, 1.807) is 0 Å². The maximum absolute atomic E-state index is 12.5. The molecule has 1 aliphatic carbocycles. The topological polar surface area (TPSA) is 26.3 Å². The number of esters is 1. The van der Waals surface area contributed by atoms with Crippen molar-refractivity contribution < 1.29 is 9.53 Å². The van der Waals surface area contributed by atoms with Crippen LogP contribution in [0.15, 0.2) is 0 Å². The van der Waals surface area contributed by atoms with Gasteiger partial charge in [0.2, 0.25) is 0 Å². The molecule has 0 bridgehead atoms. The van der Waals surface area contributed by atoms with Gasteiger partial charge in [0.25, 0.3) is 0 Å². The van der Waals surface area contributed by atoms with Gasteiger partial charge in [-0.3, -0.25) is 4.79 Å². The van der Waals surface area contributed by atoms with E-state index in [0.717, 1.165) is 32.1 Å². The molecule has 0 N–H and O–H groups in total. The Balaban J connectivity index is 2.93. The first-order chi connectivity index (χ1) is 8.71. The monoisotopic (exact) mass is 268 g/mol. The summed E-state index contributed by atoms with van der Waals surface area (Å²) in [6.07, 6.45) is 7.53. The van der Waals surface area contributed by atoms with Gasteiger partial charge in [-0.2, -0.15) is 0 Å². The van der Waals surface area contributed by atoms with Crippen molar-refractivity contribution in [3.05, 3.63) is 0 Å². The maximum atomic E-state index is 12.5. The molecule has 0 spiro atoms. The Kier molecular flexibility index (Phi) is 5.08. The average molecular weight is 268 g/mol. The van der Waals surface area contributed by atoms with E-state index < -0.39 is 0 Å². The van der Waals surface area contributed by atoms with Gasteiger partial charge in [0.1, 0.15) is 5.60 Å². The largest absolute Gasteiger partial charge is 0.458 e. The molecule has 2 heteroatoms. The van der Waals surface area contributed by atoms with Gasteiger partial charge in [0.05, 0.1) is 5.41 Å². The Labute approximate surface area is 119 Å². The summed E-state index contributed by atoms with van der Waals surface area (Å²) in [5.41, 5.74) is -0.512. The zero-order chi connectivity index (χ0) is 14.7. The molecular weight excluding hydrogens is 236 g/mol. The van der Waals surface area contributed by atoms with E-state index in [4.69, 9.17) is 4.74 Å². The molecule has 112 valence electrons. The van der Waals surface area contributed by atoms with E-state index in [-0.39, 0.29) is 22.4 Å². The molecule has 0 saturated heterocycles. The van der Waals surface area contributed by atoms with Crippen LogP contribution >= 0.6 is 0 Å². The highest BCUT2D eigenvalue weighted by molar-refractivity contribution is 5.76. The molecule has 0 aromatic heterocycles. The summed E-state index contributed by atoms with van der Waals surface area (Å²) in [6.45, 7) is 12.8. The second-order valence-electron chi connectivity index (χ2n) is 7.46. The first-order valence-electron chi connectivity index (χ1n) is 7.94. The summed E-state index contributed by atoms with van der Waals surface area (Å²) in [5.74, 6) is -0.0129. The van der Waals surface area contributed by atoms with Crippen molar-refractivity contribution in [2.45, 2.75) is 92.1 Å². The number of ether oxygens (including phenoxy) is 1. The van der Waals surface area contributed by atoms with Crippen molar-refractivity contribution in [2.24, 2.45) is 10.8 Å². The molecule has 1 rings (SSSR count). The SMILES string of the molecule is CCCC(C)(C)C1(OC(=O)C(C)(C)CC)CCCC1. The van der Waals surface area contributed by atoms with E-state index in [1.165, 1.54) is 12.8 Å². The smallest absolute Gasteiger partial charge is 0.312 e. The second kappa shape index (κ2) is 5.85. The van der Waals surface area contributed by atoms with Crippen molar-refractivity contribution in [3.8, 4) is 0 Å². The Bertz CT molecular complexity index is 309. The zero-order valence-electron chi connectivity index (χ0n) is 13.8. The van der Waals surface area contributed by atoms with E-state index in [1.807, 2.05) is 13.8 Å². The van der Waals surface area contributed by atoms with Gasteiger partial charge in [0.15, 0.2) is 0 Å². The molecule has 1 aliphatic rings. The van der Waals surface area contributed by atoms with Gasteiger partial charge in [-0.15, -0.1) is 0 Å². The second-order valence-corrected chi connectivity index (χ2v) is 7.46. The van der Waals surface area contributed by atoms with E-state index >= 15 is 0 Å². The summed E-state index contributed by atoms with van der Waals surface area (Å²) in [4.78, 5) is 12.5. The fourth-order valence-electron chi connectivity index (χ4n) is 3.18. The first-order valence-corrected chi connectivity index (χ1v) is 7.94. The fraction of sp³-hybridized carbons (Fsp3) is 0.941. The molecule has 0 atom stereocenters. The van der Waals surface area contributed by atoms with Crippen LogP contribution in [0.25, 0.3) is 0 Å². The van der Waals surface area contributed by atoms with Crippen LogP contribution in [-0.4, -0.2) is 11.6 Å². The molecule has 0 radical (unpaired) electrons. The predicted molar refractivity (Wildman–Crippen MR) is 80.1 cm³/mol. The Morgan fingerprint density at radius 2 is 1.63 bits per heavy atom. The highest BCUT2D eigenvalue weighted by Crippen LogP contribution is 2.49. The molecule has 19 heavy (non-hydrogen) atoms. The minimum absolute atomic E-state index is 0.0129. The zero-order valence-corrected chi connectivity index (χ0v) is 13.8. The van der Waals surface area contributed by atoms with E-state index in [9.17, 15) is 4.79 Å². The first kappa shape index (κ1) is 16.5. The lowest BCUT2D eigenvalue weighted by atomic mass is 9.70. The predicted octanol–water partition coefficient (Wildman–Crippen LogP) is 5.10.